The van der Waals surface area contributed by atoms with Crippen molar-refractivity contribution in [3.63, 3.8) is 0 Å². The first-order valence-corrected chi connectivity index (χ1v) is 6.38. The van der Waals surface area contributed by atoms with Gasteiger partial charge in [-0.25, -0.2) is 4.79 Å². The summed E-state index contributed by atoms with van der Waals surface area (Å²) in [6, 6.07) is 9.32. The number of urea groups is 1. The van der Waals surface area contributed by atoms with Crippen LogP contribution in [0, 0.1) is 0 Å². The number of ether oxygens (including phenoxy) is 1. The highest BCUT2D eigenvalue weighted by Crippen LogP contribution is 2.10. The highest BCUT2D eigenvalue weighted by atomic mass is 16.5. The summed E-state index contributed by atoms with van der Waals surface area (Å²) in [6.45, 7) is 1.70. The van der Waals surface area contributed by atoms with Gasteiger partial charge in [0.2, 0.25) is 0 Å². The van der Waals surface area contributed by atoms with Gasteiger partial charge in [-0.05, 0) is 23.8 Å². The van der Waals surface area contributed by atoms with Crippen LogP contribution in [0.2, 0.25) is 0 Å². The standard InChI is InChI=1S/C14H18N4O2/c1-20-10-8-15-14(19)17-13-5-3-12(4-6-13)11-18-9-2-7-16-18/h2-7,9H,8,10-11H2,1H3,(H2,15,17,19). The normalized spacial score (nSPS) is 10.2. The maximum Gasteiger partial charge on any atom is 0.319 e. The first-order chi connectivity index (χ1) is 9.78. The Morgan fingerprint density at radius 2 is 2.15 bits per heavy atom. The smallest absolute Gasteiger partial charge is 0.319 e. The van der Waals surface area contributed by atoms with Crippen LogP contribution in [-0.2, 0) is 11.3 Å². The Hall–Kier alpha value is -2.34. The van der Waals surface area contributed by atoms with E-state index in [-0.39, 0.29) is 6.03 Å². The van der Waals surface area contributed by atoms with Gasteiger partial charge in [-0.3, -0.25) is 4.68 Å². The Balaban J connectivity index is 1.83. The van der Waals surface area contributed by atoms with E-state index in [1.807, 2.05) is 41.2 Å². The van der Waals surface area contributed by atoms with E-state index in [1.54, 1.807) is 13.3 Å². The van der Waals surface area contributed by atoms with Crippen molar-refractivity contribution in [1.29, 1.82) is 0 Å². The Kier molecular flexibility index (Phi) is 5.14. The molecular weight excluding hydrogens is 256 g/mol. The van der Waals surface area contributed by atoms with Crippen LogP contribution >= 0.6 is 0 Å². The molecule has 1 aromatic carbocycles. The van der Waals surface area contributed by atoms with Gasteiger partial charge in [-0.1, -0.05) is 12.1 Å². The lowest BCUT2D eigenvalue weighted by Gasteiger charge is -2.08. The maximum atomic E-state index is 11.5. The highest BCUT2D eigenvalue weighted by molar-refractivity contribution is 5.89. The number of carbonyl (C=O) groups excluding carboxylic acids is 1. The fourth-order valence-corrected chi connectivity index (χ4v) is 1.72. The molecule has 6 nitrogen and oxygen atoms in total. The predicted octanol–water partition coefficient (Wildman–Crippen LogP) is 1.70. The van der Waals surface area contributed by atoms with Crippen molar-refractivity contribution < 1.29 is 9.53 Å². The van der Waals surface area contributed by atoms with Gasteiger partial charge in [0.15, 0.2) is 0 Å². The zero-order valence-corrected chi connectivity index (χ0v) is 11.4. The second-order valence-electron chi connectivity index (χ2n) is 4.27. The molecule has 0 unspecified atom stereocenters. The topological polar surface area (TPSA) is 68.2 Å². The van der Waals surface area contributed by atoms with Crippen molar-refractivity contribution in [2.45, 2.75) is 6.54 Å². The van der Waals surface area contributed by atoms with Crippen molar-refractivity contribution in [2.24, 2.45) is 0 Å². The second-order valence-corrected chi connectivity index (χ2v) is 4.27. The Morgan fingerprint density at radius 3 is 2.80 bits per heavy atom. The Bertz CT molecular complexity index is 523. The third-order valence-electron chi connectivity index (χ3n) is 2.71. The van der Waals surface area contributed by atoms with Gasteiger partial charge >= 0.3 is 6.03 Å². The average Bonchev–Trinajstić information content (AvgIpc) is 2.94. The van der Waals surface area contributed by atoms with Crippen molar-refractivity contribution in [3.05, 3.63) is 48.3 Å². The molecule has 1 heterocycles. The van der Waals surface area contributed by atoms with E-state index >= 15 is 0 Å². The molecule has 2 amide bonds. The SMILES string of the molecule is COCCNC(=O)Nc1ccc(Cn2cccn2)cc1. The lowest BCUT2D eigenvalue weighted by atomic mass is 10.2. The predicted molar refractivity (Wildman–Crippen MR) is 76.7 cm³/mol. The number of benzene rings is 1. The molecule has 106 valence electrons. The molecule has 20 heavy (non-hydrogen) atoms. The van der Waals surface area contributed by atoms with Crippen molar-refractivity contribution in [1.82, 2.24) is 15.1 Å². The van der Waals surface area contributed by atoms with Crippen LogP contribution < -0.4 is 10.6 Å². The van der Waals surface area contributed by atoms with Crippen LogP contribution in [0.5, 0.6) is 0 Å². The second kappa shape index (κ2) is 7.30. The molecule has 0 aliphatic carbocycles. The van der Waals surface area contributed by atoms with E-state index in [1.165, 1.54) is 0 Å². The fraction of sp³-hybridized carbons (Fsp3) is 0.286. The first-order valence-electron chi connectivity index (χ1n) is 6.38. The Morgan fingerprint density at radius 1 is 1.35 bits per heavy atom. The summed E-state index contributed by atoms with van der Waals surface area (Å²) < 4.78 is 6.70. The third-order valence-corrected chi connectivity index (χ3v) is 2.71. The minimum Gasteiger partial charge on any atom is -0.383 e. The number of hydrogen-bond donors (Lipinski definition) is 2. The molecule has 0 saturated heterocycles. The maximum absolute atomic E-state index is 11.5. The van der Waals surface area contributed by atoms with Gasteiger partial charge in [0.05, 0.1) is 13.2 Å². The van der Waals surface area contributed by atoms with Crippen LogP contribution in [0.3, 0.4) is 0 Å². The van der Waals surface area contributed by atoms with Crippen LogP contribution in [0.25, 0.3) is 0 Å². The molecule has 1 aromatic heterocycles. The average molecular weight is 274 g/mol. The highest BCUT2D eigenvalue weighted by Gasteiger charge is 2.01. The van der Waals surface area contributed by atoms with E-state index in [4.69, 9.17) is 4.74 Å². The first kappa shape index (κ1) is 14.1. The number of nitrogens with one attached hydrogen (secondary N) is 2. The van der Waals surface area contributed by atoms with Gasteiger partial charge in [-0.15, -0.1) is 0 Å². The molecule has 0 aliphatic heterocycles. The molecule has 0 saturated carbocycles. The van der Waals surface area contributed by atoms with E-state index in [0.29, 0.717) is 19.7 Å². The summed E-state index contributed by atoms with van der Waals surface area (Å²) in [5, 5.41) is 9.60. The van der Waals surface area contributed by atoms with Crippen molar-refractivity contribution in [2.75, 3.05) is 25.6 Å². The summed E-state index contributed by atoms with van der Waals surface area (Å²) in [5.41, 5.74) is 1.88. The molecule has 2 rings (SSSR count). The number of nitrogens with zero attached hydrogens (tertiary/aromatic N) is 2. The Labute approximate surface area is 117 Å². The van der Waals surface area contributed by atoms with Crippen molar-refractivity contribution in [3.8, 4) is 0 Å². The van der Waals surface area contributed by atoms with Gasteiger partial charge in [0.1, 0.15) is 0 Å². The minimum atomic E-state index is -0.234. The quantitative estimate of drug-likeness (QED) is 0.788. The molecule has 0 bridgehead atoms. The zero-order valence-electron chi connectivity index (χ0n) is 11.4. The van der Waals surface area contributed by atoms with E-state index in [2.05, 4.69) is 15.7 Å². The molecule has 2 aromatic rings. The van der Waals surface area contributed by atoms with Gasteiger partial charge in [0.25, 0.3) is 0 Å². The molecule has 0 fully saturated rings. The number of aromatic nitrogens is 2. The van der Waals surface area contributed by atoms with Crippen LogP contribution in [0.15, 0.2) is 42.7 Å². The van der Waals surface area contributed by atoms with Crippen molar-refractivity contribution >= 4 is 11.7 Å². The molecule has 0 atom stereocenters. The molecule has 6 heteroatoms. The molecule has 2 N–H and O–H groups in total. The number of carbonyl (C=O) groups is 1. The molecule has 0 spiro atoms. The van der Waals surface area contributed by atoms with E-state index in [0.717, 1.165) is 11.3 Å². The number of amides is 2. The fourth-order valence-electron chi connectivity index (χ4n) is 1.72. The molecule has 0 aliphatic rings. The zero-order chi connectivity index (χ0) is 14.2. The molecule has 0 radical (unpaired) electrons. The number of hydrogen-bond acceptors (Lipinski definition) is 3. The number of anilines is 1. The summed E-state index contributed by atoms with van der Waals surface area (Å²) in [7, 11) is 1.60. The minimum absolute atomic E-state index is 0.234. The van der Waals surface area contributed by atoms with Crippen LogP contribution in [0.1, 0.15) is 5.56 Å². The lowest BCUT2D eigenvalue weighted by molar-refractivity contribution is 0.198. The largest absolute Gasteiger partial charge is 0.383 e. The third kappa shape index (κ3) is 4.40. The molecular formula is C14H18N4O2. The number of methoxy groups -OCH3 is 1. The van der Waals surface area contributed by atoms with Gasteiger partial charge < -0.3 is 15.4 Å². The van der Waals surface area contributed by atoms with E-state index < -0.39 is 0 Å². The summed E-state index contributed by atoms with van der Waals surface area (Å²) in [4.78, 5) is 11.5. The summed E-state index contributed by atoms with van der Waals surface area (Å²) in [6.07, 6.45) is 3.66. The number of rotatable bonds is 6. The summed E-state index contributed by atoms with van der Waals surface area (Å²) >= 11 is 0. The van der Waals surface area contributed by atoms with Crippen LogP contribution in [0.4, 0.5) is 10.5 Å². The monoisotopic (exact) mass is 274 g/mol. The lowest BCUT2D eigenvalue weighted by Crippen LogP contribution is -2.31. The van der Waals surface area contributed by atoms with Gasteiger partial charge in [-0.2, -0.15) is 5.10 Å². The van der Waals surface area contributed by atoms with Gasteiger partial charge in [0, 0.05) is 31.7 Å². The van der Waals surface area contributed by atoms with E-state index in [9.17, 15) is 4.79 Å². The summed E-state index contributed by atoms with van der Waals surface area (Å²) in [5.74, 6) is 0. The van der Waals surface area contributed by atoms with Crippen LogP contribution in [-0.4, -0.2) is 36.1 Å².